The van der Waals surface area contributed by atoms with Crippen LogP contribution in [0.5, 0.6) is 0 Å². The first kappa shape index (κ1) is 8.65. The predicted octanol–water partition coefficient (Wildman–Crippen LogP) is -3.24. The fraction of sp³-hybridized carbons (Fsp3) is 1.00. The Morgan fingerprint density at radius 1 is 1.38 bits per heavy atom. The first-order chi connectivity index (χ1) is 3.39. The molecule has 3 N–H and O–H groups in total. The molecule has 1 atom stereocenters. The summed E-state index contributed by atoms with van der Waals surface area (Å²) in [5, 5.41) is 0. The molecule has 1 aliphatic rings. The van der Waals surface area contributed by atoms with E-state index in [1.165, 1.54) is 12.8 Å². The Bertz CT molecular complexity index is 54.4. The molecule has 1 aliphatic heterocycles. The SMILES string of the molecule is [I-].[NH3+]C1CCCCO1. The third-order valence-electron chi connectivity index (χ3n) is 1.27. The van der Waals surface area contributed by atoms with Gasteiger partial charge in [0.25, 0.3) is 0 Å². The molecule has 50 valence electrons. The van der Waals surface area contributed by atoms with Crippen LogP contribution < -0.4 is 29.7 Å². The van der Waals surface area contributed by atoms with Crippen molar-refractivity contribution >= 4 is 0 Å². The van der Waals surface area contributed by atoms with Crippen molar-refractivity contribution in [1.82, 2.24) is 0 Å². The van der Waals surface area contributed by atoms with Crippen LogP contribution in [0.4, 0.5) is 0 Å². The summed E-state index contributed by atoms with van der Waals surface area (Å²) in [5.74, 6) is 0. The van der Waals surface area contributed by atoms with Crippen LogP contribution in [0.25, 0.3) is 0 Å². The van der Waals surface area contributed by atoms with Gasteiger partial charge < -0.3 is 34.4 Å². The topological polar surface area (TPSA) is 36.9 Å². The van der Waals surface area contributed by atoms with Crippen LogP contribution in [-0.2, 0) is 4.74 Å². The molecule has 1 fully saturated rings. The minimum atomic E-state index is 0. The molecule has 1 heterocycles. The molecule has 3 heteroatoms. The van der Waals surface area contributed by atoms with Gasteiger partial charge in [0.2, 0.25) is 0 Å². The van der Waals surface area contributed by atoms with Gasteiger partial charge in [0.15, 0.2) is 6.23 Å². The molecule has 1 rings (SSSR count). The number of quaternary nitrogens is 1. The molecule has 1 saturated heterocycles. The summed E-state index contributed by atoms with van der Waals surface area (Å²) in [4.78, 5) is 0. The van der Waals surface area contributed by atoms with Crippen molar-refractivity contribution in [3.05, 3.63) is 0 Å². The van der Waals surface area contributed by atoms with Crippen molar-refractivity contribution in [2.24, 2.45) is 0 Å². The summed E-state index contributed by atoms with van der Waals surface area (Å²) in [6.45, 7) is 0.925. The highest BCUT2D eigenvalue weighted by atomic mass is 127. The molecule has 0 aliphatic carbocycles. The Hall–Kier alpha value is 0.650. The van der Waals surface area contributed by atoms with Crippen molar-refractivity contribution in [1.29, 1.82) is 0 Å². The molecule has 0 bridgehead atoms. The van der Waals surface area contributed by atoms with Gasteiger partial charge in [-0.05, 0) is 12.8 Å². The van der Waals surface area contributed by atoms with E-state index in [0.717, 1.165) is 13.0 Å². The maximum absolute atomic E-state index is 5.17. The fourth-order valence-corrected chi connectivity index (χ4v) is 0.807. The third-order valence-corrected chi connectivity index (χ3v) is 1.27. The van der Waals surface area contributed by atoms with E-state index in [9.17, 15) is 0 Å². The normalized spacial score (nSPS) is 28.9. The molecular formula is C5H12INO. The Balaban J connectivity index is 0.000000490. The Labute approximate surface area is 66.8 Å². The smallest absolute Gasteiger partial charge is 0.188 e. The van der Waals surface area contributed by atoms with E-state index in [4.69, 9.17) is 4.74 Å². The quantitative estimate of drug-likeness (QED) is 0.435. The first-order valence-electron chi connectivity index (χ1n) is 2.84. The van der Waals surface area contributed by atoms with Gasteiger partial charge in [0.1, 0.15) is 0 Å². The number of hydrogen-bond donors (Lipinski definition) is 1. The molecule has 0 aromatic heterocycles. The van der Waals surface area contributed by atoms with Crippen molar-refractivity contribution < 1.29 is 34.4 Å². The second kappa shape index (κ2) is 4.52. The van der Waals surface area contributed by atoms with Gasteiger partial charge in [-0.25, -0.2) is 0 Å². The maximum Gasteiger partial charge on any atom is 0.188 e. The highest BCUT2D eigenvalue weighted by Gasteiger charge is 2.09. The molecule has 0 aromatic carbocycles. The van der Waals surface area contributed by atoms with Crippen LogP contribution in [0.1, 0.15) is 19.3 Å². The zero-order valence-corrected chi connectivity index (χ0v) is 7.06. The van der Waals surface area contributed by atoms with E-state index in [2.05, 4.69) is 5.73 Å². The van der Waals surface area contributed by atoms with Gasteiger partial charge in [-0.1, -0.05) is 0 Å². The monoisotopic (exact) mass is 229 g/mol. The largest absolute Gasteiger partial charge is 1.00 e. The second-order valence-electron chi connectivity index (χ2n) is 1.99. The average Bonchev–Trinajstić information content (AvgIpc) is 1.69. The fourth-order valence-electron chi connectivity index (χ4n) is 0.807. The highest BCUT2D eigenvalue weighted by molar-refractivity contribution is 4.49. The van der Waals surface area contributed by atoms with Crippen LogP contribution in [0.3, 0.4) is 0 Å². The predicted molar refractivity (Wildman–Crippen MR) is 26.5 cm³/mol. The van der Waals surface area contributed by atoms with E-state index in [0.29, 0.717) is 0 Å². The Morgan fingerprint density at radius 2 is 2.12 bits per heavy atom. The molecule has 0 radical (unpaired) electrons. The zero-order valence-electron chi connectivity index (χ0n) is 4.90. The van der Waals surface area contributed by atoms with Crippen LogP contribution in [-0.4, -0.2) is 12.8 Å². The summed E-state index contributed by atoms with van der Waals surface area (Å²) >= 11 is 0. The lowest BCUT2D eigenvalue weighted by Gasteiger charge is -2.14. The lowest BCUT2D eigenvalue weighted by Crippen LogP contribution is -3.00. The summed E-state index contributed by atoms with van der Waals surface area (Å²) in [7, 11) is 0. The number of hydrogen-bond acceptors (Lipinski definition) is 1. The van der Waals surface area contributed by atoms with E-state index in [1.807, 2.05) is 0 Å². The van der Waals surface area contributed by atoms with Gasteiger partial charge in [-0.2, -0.15) is 0 Å². The Kier molecular flexibility index (Phi) is 4.89. The summed E-state index contributed by atoms with van der Waals surface area (Å²) in [6, 6.07) is 0. The van der Waals surface area contributed by atoms with E-state index < -0.39 is 0 Å². The van der Waals surface area contributed by atoms with Crippen LogP contribution >= 0.6 is 0 Å². The molecule has 0 aromatic rings. The number of ether oxygens (including phenoxy) is 1. The second-order valence-corrected chi connectivity index (χ2v) is 1.99. The molecule has 2 nitrogen and oxygen atoms in total. The molecule has 1 unspecified atom stereocenters. The lowest BCUT2D eigenvalue weighted by molar-refractivity contribution is -0.497. The first-order valence-corrected chi connectivity index (χ1v) is 2.84. The zero-order chi connectivity index (χ0) is 5.11. The third kappa shape index (κ3) is 2.84. The van der Waals surface area contributed by atoms with Crippen LogP contribution in [0.2, 0.25) is 0 Å². The summed E-state index contributed by atoms with van der Waals surface area (Å²) in [6.07, 6.45) is 3.97. The highest BCUT2D eigenvalue weighted by Crippen LogP contribution is 2.05. The van der Waals surface area contributed by atoms with Crippen molar-refractivity contribution in [3.63, 3.8) is 0 Å². The van der Waals surface area contributed by atoms with Gasteiger partial charge in [-0.3, -0.25) is 0 Å². The van der Waals surface area contributed by atoms with Gasteiger partial charge >= 0.3 is 0 Å². The minimum absolute atomic E-state index is 0. The summed E-state index contributed by atoms with van der Waals surface area (Å²) < 4.78 is 5.17. The van der Waals surface area contributed by atoms with Crippen LogP contribution in [0.15, 0.2) is 0 Å². The van der Waals surface area contributed by atoms with E-state index >= 15 is 0 Å². The van der Waals surface area contributed by atoms with Gasteiger partial charge in [-0.15, -0.1) is 0 Å². The van der Waals surface area contributed by atoms with Gasteiger partial charge in [0, 0.05) is 6.42 Å². The molecule has 0 saturated carbocycles. The minimum Gasteiger partial charge on any atom is -1.00 e. The lowest BCUT2D eigenvalue weighted by atomic mass is 10.2. The molecule has 8 heavy (non-hydrogen) atoms. The van der Waals surface area contributed by atoms with Crippen molar-refractivity contribution in [2.75, 3.05) is 6.61 Å². The summed E-state index contributed by atoms with van der Waals surface area (Å²) in [5.41, 5.74) is 3.78. The number of rotatable bonds is 0. The number of halogens is 1. The average molecular weight is 229 g/mol. The Morgan fingerprint density at radius 3 is 2.38 bits per heavy atom. The van der Waals surface area contributed by atoms with Gasteiger partial charge in [0.05, 0.1) is 6.61 Å². The maximum atomic E-state index is 5.17. The van der Waals surface area contributed by atoms with E-state index in [1.54, 1.807) is 0 Å². The standard InChI is InChI=1S/C5H11NO.HI/c6-5-3-1-2-4-7-5;/h5H,1-4,6H2;1H. The van der Waals surface area contributed by atoms with E-state index in [-0.39, 0.29) is 30.2 Å². The molecular weight excluding hydrogens is 217 g/mol. The van der Waals surface area contributed by atoms with Crippen LogP contribution in [0, 0.1) is 0 Å². The molecule has 0 amide bonds. The molecule has 0 spiro atoms. The van der Waals surface area contributed by atoms with Crippen molar-refractivity contribution in [2.45, 2.75) is 25.5 Å². The van der Waals surface area contributed by atoms with Crippen molar-refractivity contribution in [3.8, 4) is 0 Å².